The maximum Gasteiger partial charge on any atom is 0.274 e. The van der Waals surface area contributed by atoms with Gasteiger partial charge in [-0.2, -0.15) is 0 Å². The van der Waals surface area contributed by atoms with Crippen molar-refractivity contribution in [3.05, 3.63) is 71.9 Å². The smallest absolute Gasteiger partial charge is 0.274 e. The fourth-order valence-electron chi connectivity index (χ4n) is 2.64. The van der Waals surface area contributed by atoms with E-state index in [9.17, 15) is 17.6 Å². The lowest BCUT2D eigenvalue weighted by atomic mass is 10.3. The zero-order valence-electron chi connectivity index (χ0n) is 15.5. The first-order valence-electron chi connectivity index (χ1n) is 8.76. The van der Waals surface area contributed by atoms with Crippen LogP contribution in [0.1, 0.15) is 6.92 Å². The quantitative estimate of drug-likeness (QED) is 0.499. The summed E-state index contributed by atoms with van der Waals surface area (Å²) in [5.41, 5.74) is 0.415. The molecule has 0 spiro atoms. The molecular formula is C20H19FN2O3S3. The van der Waals surface area contributed by atoms with Gasteiger partial charge in [-0.05, 0) is 41.5 Å². The molecule has 1 heterocycles. The van der Waals surface area contributed by atoms with Crippen molar-refractivity contribution in [1.29, 1.82) is 0 Å². The zero-order chi connectivity index (χ0) is 20.9. The van der Waals surface area contributed by atoms with Crippen molar-refractivity contribution in [1.82, 2.24) is 0 Å². The van der Waals surface area contributed by atoms with E-state index in [0.29, 0.717) is 5.69 Å². The number of thioether (sulfide) groups is 1. The fourth-order valence-corrected chi connectivity index (χ4v) is 5.94. The lowest BCUT2D eigenvalue weighted by Crippen LogP contribution is -2.38. The van der Waals surface area contributed by atoms with E-state index in [1.165, 1.54) is 24.3 Å². The van der Waals surface area contributed by atoms with E-state index in [0.717, 1.165) is 32.4 Å². The SMILES string of the molecule is CCSc1ccccc1NC(=O)CN(c1ccccc1F)S(=O)(=O)c1cccs1. The Morgan fingerprint density at radius 1 is 1.10 bits per heavy atom. The van der Waals surface area contributed by atoms with Crippen LogP contribution in [-0.2, 0) is 14.8 Å². The first-order valence-corrected chi connectivity index (χ1v) is 12.1. The number of nitrogens with zero attached hydrogens (tertiary/aromatic N) is 1. The number of amides is 1. The molecule has 0 aliphatic carbocycles. The minimum atomic E-state index is -4.10. The van der Waals surface area contributed by atoms with Gasteiger partial charge in [0.15, 0.2) is 0 Å². The Morgan fingerprint density at radius 2 is 1.83 bits per heavy atom. The molecule has 0 unspecified atom stereocenters. The molecule has 2 aromatic carbocycles. The number of nitrogens with one attached hydrogen (secondary N) is 1. The highest BCUT2D eigenvalue weighted by Gasteiger charge is 2.30. The Balaban J connectivity index is 1.92. The van der Waals surface area contributed by atoms with Gasteiger partial charge in [-0.3, -0.25) is 9.10 Å². The molecule has 0 saturated heterocycles. The van der Waals surface area contributed by atoms with Crippen LogP contribution in [-0.4, -0.2) is 26.6 Å². The number of carbonyl (C=O) groups is 1. The number of sulfonamides is 1. The Hall–Kier alpha value is -2.36. The summed E-state index contributed by atoms with van der Waals surface area (Å²) < 4.78 is 41.4. The molecule has 0 aliphatic heterocycles. The van der Waals surface area contributed by atoms with Gasteiger partial charge in [0.1, 0.15) is 16.6 Å². The number of benzene rings is 2. The summed E-state index contributed by atoms with van der Waals surface area (Å²) in [7, 11) is -4.10. The normalized spacial score (nSPS) is 11.2. The van der Waals surface area contributed by atoms with Crippen LogP contribution in [0.3, 0.4) is 0 Å². The van der Waals surface area contributed by atoms with Gasteiger partial charge >= 0.3 is 0 Å². The summed E-state index contributed by atoms with van der Waals surface area (Å²) in [5.74, 6) is -0.457. The topological polar surface area (TPSA) is 66.5 Å². The van der Waals surface area contributed by atoms with Gasteiger partial charge < -0.3 is 5.32 Å². The van der Waals surface area contributed by atoms with Gasteiger partial charge in [-0.1, -0.05) is 37.3 Å². The van der Waals surface area contributed by atoms with Crippen molar-refractivity contribution in [2.75, 3.05) is 21.9 Å². The highest BCUT2D eigenvalue weighted by molar-refractivity contribution is 7.99. The van der Waals surface area contributed by atoms with Crippen molar-refractivity contribution >= 4 is 50.4 Å². The number of halogens is 1. The number of carbonyl (C=O) groups excluding carboxylic acids is 1. The van der Waals surface area contributed by atoms with Crippen molar-refractivity contribution in [2.45, 2.75) is 16.0 Å². The second kappa shape index (κ2) is 9.43. The maximum absolute atomic E-state index is 14.4. The van der Waals surface area contributed by atoms with Crippen molar-refractivity contribution in [3.8, 4) is 0 Å². The second-order valence-electron chi connectivity index (χ2n) is 5.87. The molecule has 5 nitrogen and oxygen atoms in total. The molecule has 1 aromatic heterocycles. The lowest BCUT2D eigenvalue weighted by molar-refractivity contribution is -0.114. The van der Waals surface area contributed by atoms with E-state index >= 15 is 0 Å². The molecule has 0 fully saturated rings. The Kier molecular flexibility index (Phi) is 6.94. The number of thiophene rings is 1. The van der Waals surface area contributed by atoms with Crippen LogP contribution < -0.4 is 9.62 Å². The number of hydrogen-bond donors (Lipinski definition) is 1. The summed E-state index contributed by atoms with van der Waals surface area (Å²) in [6, 6.07) is 15.8. The monoisotopic (exact) mass is 450 g/mol. The van der Waals surface area contributed by atoms with Crippen molar-refractivity contribution in [3.63, 3.8) is 0 Å². The van der Waals surface area contributed by atoms with E-state index in [1.807, 2.05) is 19.1 Å². The first-order chi connectivity index (χ1) is 13.9. The molecule has 0 saturated carbocycles. The van der Waals surface area contributed by atoms with Gasteiger partial charge in [0.2, 0.25) is 5.91 Å². The number of rotatable bonds is 8. The summed E-state index contributed by atoms with van der Waals surface area (Å²) in [5, 5.41) is 4.36. The third kappa shape index (κ3) is 4.98. The van der Waals surface area contributed by atoms with E-state index in [2.05, 4.69) is 5.32 Å². The first kappa shape index (κ1) is 21.4. The second-order valence-corrected chi connectivity index (χ2v) is 10.2. The lowest BCUT2D eigenvalue weighted by Gasteiger charge is -2.24. The summed E-state index contributed by atoms with van der Waals surface area (Å²) >= 11 is 2.57. The van der Waals surface area contributed by atoms with Crippen LogP contribution in [0.2, 0.25) is 0 Å². The van der Waals surface area contributed by atoms with Gasteiger partial charge in [0.05, 0.1) is 11.4 Å². The standard InChI is InChI=1S/C20H19FN2O3S3/c1-2-27-18-11-6-4-9-16(18)22-19(24)14-23(17-10-5-3-8-15(17)21)29(25,26)20-12-7-13-28-20/h3-13H,2,14H2,1H3,(H,22,24). The zero-order valence-corrected chi connectivity index (χ0v) is 18.0. The van der Waals surface area contributed by atoms with Crippen LogP contribution in [0.25, 0.3) is 0 Å². The third-order valence-corrected chi connectivity index (χ3v) is 8.00. The van der Waals surface area contributed by atoms with Crippen molar-refractivity contribution < 1.29 is 17.6 Å². The summed E-state index contributed by atoms with van der Waals surface area (Å²) in [6.45, 7) is 1.45. The molecule has 1 N–H and O–H groups in total. The molecular weight excluding hydrogens is 431 g/mol. The highest BCUT2D eigenvalue weighted by Crippen LogP contribution is 2.29. The van der Waals surface area contributed by atoms with Crippen LogP contribution >= 0.6 is 23.1 Å². The van der Waals surface area contributed by atoms with E-state index < -0.39 is 28.3 Å². The predicted octanol–water partition coefficient (Wildman–Crippen LogP) is 4.83. The molecule has 3 aromatic rings. The van der Waals surface area contributed by atoms with E-state index in [-0.39, 0.29) is 9.90 Å². The number of para-hydroxylation sites is 2. The average molecular weight is 451 g/mol. The summed E-state index contributed by atoms with van der Waals surface area (Å²) in [6.07, 6.45) is 0. The van der Waals surface area contributed by atoms with E-state index in [4.69, 9.17) is 0 Å². The Bertz CT molecular complexity index is 1090. The van der Waals surface area contributed by atoms with Gasteiger partial charge in [0, 0.05) is 4.90 Å². The molecule has 3 rings (SSSR count). The maximum atomic E-state index is 14.4. The fraction of sp³-hybridized carbons (Fsp3) is 0.150. The Labute approximate surface area is 177 Å². The Morgan fingerprint density at radius 3 is 2.52 bits per heavy atom. The molecule has 152 valence electrons. The molecule has 1 amide bonds. The number of hydrogen-bond acceptors (Lipinski definition) is 5. The third-order valence-electron chi connectivity index (χ3n) is 3.91. The highest BCUT2D eigenvalue weighted by atomic mass is 32.2. The minimum absolute atomic E-state index is 0.0375. The van der Waals surface area contributed by atoms with Crippen LogP contribution in [0, 0.1) is 5.82 Å². The van der Waals surface area contributed by atoms with Gasteiger partial charge in [0.25, 0.3) is 10.0 Å². The van der Waals surface area contributed by atoms with Crippen LogP contribution in [0.15, 0.2) is 75.1 Å². The van der Waals surface area contributed by atoms with E-state index in [1.54, 1.807) is 35.3 Å². The summed E-state index contributed by atoms with van der Waals surface area (Å²) in [4.78, 5) is 13.6. The molecule has 0 bridgehead atoms. The van der Waals surface area contributed by atoms with Crippen molar-refractivity contribution in [2.24, 2.45) is 0 Å². The molecule has 0 aliphatic rings. The average Bonchev–Trinajstić information content (AvgIpc) is 3.24. The largest absolute Gasteiger partial charge is 0.323 e. The predicted molar refractivity (Wildman–Crippen MR) is 117 cm³/mol. The molecule has 9 heteroatoms. The molecule has 29 heavy (non-hydrogen) atoms. The van der Waals surface area contributed by atoms with Crippen LogP contribution in [0.5, 0.6) is 0 Å². The van der Waals surface area contributed by atoms with Gasteiger partial charge in [-0.25, -0.2) is 12.8 Å². The van der Waals surface area contributed by atoms with Gasteiger partial charge in [-0.15, -0.1) is 23.1 Å². The molecule has 0 radical (unpaired) electrons. The minimum Gasteiger partial charge on any atom is -0.323 e. The molecule has 0 atom stereocenters. The number of anilines is 2. The van der Waals surface area contributed by atoms with Crippen LogP contribution in [0.4, 0.5) is 15.8 Å².